The molecule has 3 N–H and O–H groups in total. The van der Waals surface area contributed by atoms with Gasteiger partial charge in [-0.3, -0.25) is 9.97 Å². The summed E-state index contributed by atoms with van der Waals surface area (Å²) < 4.78 is 2.12. The van der Waals surface area contributed by atoms with Gasteiger partial charge in [0.25, 0.3) is 0 Å². The summed E-state index contributed by atoms with van der Waals surface area (Å²) in [5.74, 6) is 0. The molecule has 0 saturated heterocycles. The quantitative estimate of drug-likeness (QED) is 0.674. The third kappa shape index (κ3) is 3.11. The van der Waals surface area contributed by atoms with Crippen LogP contribution in [0.5, 0.6) is 0 Å². The molecule has 2 aliphatic rings. The Morgan fingerprint density at radius 3 is 2.05 bits per heavy atom. The second-order valence-electron chi connectivity index (χ2n) is 5.58. The number of aliphatic hydroxyl groups is 1. The maximum atomic E-state index is 9.44. The van der Waals surface area contributed by atoms with Crippen molar-refractivity contribution in [3.8, 4) is 0 Å². The zero-order valence-electron chi connectivity index (χ0n) is 12.0. The second-order valence-corrected chi connectivity index (χ2v) is 7.29. The Bertz CT molecular complexity index is 634. The van der Waals surface area contributed by atoms with Crippen LogP contribution in [0, 0.1) is 0 Å². The maximum absolute atomic E-state index is 9.44. The fraction of sp³-hybridized carbons (Fsp3) is 0.375. The van der Waals surface area contributed by atoms with E-state index in [9.17, 15) is 5.11 Å². The number of aliphatic hydroxyl groups excluding tert-OH is 1. The molecule has 0 amide bonds. The molecule has 2 aromatic heterocycles. The summed E-state index contributed by atoms with van der Waals surface area (Å²) >= 11 is 6.86. The lowest BCUT2D eigenvalue weighted by Crippen LogP contribution is -2.05. The summed E-state index contributed by atoms with van der Waals surface area (Å²) in [7, 11) is 0. The molecule has 4 nitrogen and oxygen atoms in total. The number of pyridine rings is 2. The first kappa shape index (κ1) is 16.1. The number of nitrogens with zero attached hydrogens (tertiary/aromatic N) is 2. The van der Waals surface area contributed by atoms with Gasteiger partial charge in [0.1, 0.15) is 0 Å². The third-order valence-electron chi connectivity index (χ3n) is 4.21. The van der Waals surface area contributed by atoms with E-state index in [0.29, 0.717) is 0 Å². The zero-order chi connectivity index (χ0) is 15.7. The molecule has 2 heterocycles. The number of hydrogen-bond acceptors (Lipinski definition) is 4. The van der Waals surface area contributed by atoms with E-state index in [-0.39, 0.29) is 12.1 Å². The van der Waals surface area contributed by atoms with Crippen LogP contribution in [0.15, 0.2) is 33.7 Å². The molecular formula is C16H17Br2N3O. The minimum absolute atomic E-state index is 0.204. The lowest BCUT2D eigenvalue weighted by molar-refractivity contribution is 0.179. The van der Waals surface area contributed by atoms with Crippen LogP contribution in [0.2, 0.25) is 0 Å². The van der Waals surface area contributed by atoms with Crippen molar-refractivity contribution in [2.75, 3.05) is 0 Å². The van der Waals surface area contributed by atoms with Crippen molar-refractivity contribution in [1.82, 2.24) is 9.97 Å². The number of halogens is 2. The van der Waals surface area contributed by atoms with Crippen molar-refractivity contribution in [2.45, 2.75) is 37.8 Å². The van der Waals surface area contributed by atoms with Gasteiger partial charge >= 0.3 is 0 Å². The third-order valence-corrected chi connectivity index (χ3v) is 5.57. The standard InChI is InChI=1S/C8H9BrN2.C8H8BrNO/c9-7-4-11-3-6-5(7)1-2-8(6)10;9-7-4-10-3-6-5(7)1-2-8(6)11/h3-4,8H,1-2,10H2;3-4,8,11H,1-2H2. The summed E-state index contributed by atoms with van der Waals surface area (Å²) in [5, 5.41) is 9.44. The second kappa shape index (κ2) is 6.74. The van der Waals surface area contributed by atoms with Crippen LogP contribution < -0.4 is 5.73 Å². The molecule has 116 valence electrons. The summed E-state index contributed by atoms with van der Waals surface area (Å²) in [6, 6.07) is 0.204. The fourth-order valence-corrected chi connectivity index (χ4v) is 4.07. The Morgan fingerprint density at radius 2 is 1.45 bits per heavy atom. The largest absolute Gasteiger partial charge is 0.388 e. The van der Waals surface area contributed by atoms with E-state index < -0.39 is 0 Å². The lowest BCUT2D eigenvalue weighted by Gasteiger charge is -2.03. The van der Waals surface area contributed by atoms with E-state index in [0.717, 1.165) is 40.2 Å². The molecule has 2 aromatic rings. The Kier molecular flexibility index (Phi) is 4.92. The van der Waals surface area contributed by atoms with E-state index in [2.05, 4.69) is 41.8 Å². The molecule has 0 saturated carbocycles. The summed E-state index contributed by atoms with van der Waals surface area (Å²) in [4.78, 5) is 8.08. The van der Waals surface area contributed by atoms with E-state index in [1.807, 2.05) is 12.4 Å². The van der Waals surface area contributed by atoms with E-state index in [1.165, 1.54) is 16.7 Å². The molecule has 22 heavy (non-hydrogen) atoms. The number of nitrogens with two attached hydrogens (primary N) is 1. The highest BCUT2D eigenvalue weighted by molar-refractivity contribution is 9.10. The van der Waals surface area contributed by atoms with Crippen LogP contribution in [-0.2, 0) is 12.8 Å². The minimum Gasteiger partial charge on any atom is -0.388 e. The molecule has 0 bridgehead atoms. The molecule has 2 atom stereocenters. The first-order chi connectivity index (χ1) is 10.6. The maximum Gasteiger partial charge on any atom is 0.0811 e. The first-order valence-corrected chi connectivity index (χ1v) is 8.84. The van der Waals surface area contributed by atoms with Gasteiger partial charge in [-0.25, -0.2) is 0 Å². The molecule has 6 heteroatoms. The molecule has 0 aromatic carbocycles. The highest BCUT2D eigenvalue weighted by atomic mass is 79.9. The van der Waals surface area contributed by atoms with Crippen LogP contribution in [0.3, 0.4) is 0 Å². The monoisotopic (exact) mass is 425 g/mol. The van der Waals surface area contributed by atoms with Gasteiger partial charge in [0, 0.05) is 45.3 Å². The van der Waals surface area contributed by atoms with Gasteiger partial charge in [-0.05, 0) is 74.2 Å². The summed E-state index contributed by atoms with van der Waals surface area (Å²) in [6.45, 7) is 0. The van der Waals surface area contributed by atoms with Crippen molar-refractivity contribution >= 4 is 31.9 Å². The van der Waals surface area contributed by atoms with E-state index >= 15 is 0 Å². The number of hydrogen-bond donors (Lipinski definition) is 2. The Morgan fingerprint density at radius 1 is 0.909 bits per heavy atom. The highest BCUT2D eigenvalue weighted by Gasteiger charge is 2.22. The Labute approximate surface area is 146 Å². The van der Waals surface area contributed by atoms with Crippen molar-refractivity contribution in [3.05, 3.63) is 56.0 Å². The Hall–Kier alpha value is -0.820. The van der Waals surface area contributed by atoms with Gasteiger partial charge < -0.3 is 10.8 Å². The number of fused-ring (bicyclic) bond motifs is 2. The van der Waals surface area contributed by atoms with Crippen LogP contribution in [0.25, 0.3) is 0 Å². The molecule has 0 radical (unpaired) electrons. The van der Waals surface area contributed by atoms with Gasteiger partial charge in [-0.1, -0.05) is 0 Å². The Balaban J connectivity index is 0.000000131. The van der Waals surface area contributed by atoms with Crippen LogP contribution >= 0.6 is 31.9 Å². The molecule has 0 aliphatic heterocycles. The van der Waals surface area contributed by atoms with Gasteiger partial charge in [0.05, 0.1) is 6.10 Å². The fourth-order valence-electron chi connectivity index (χ4n) is 2.98. The smallest absolute Gasteiger partial charge is 0.0811 e. The van der Waals surface area contributed by atoms with Crippen molar-refractivity contribution in [2.24, 2.45) is 5.73 Å². The normalized spacial score (nSPS) is 21.8. The SMILES string of the molecule is NC1CCc2c(Br)cncc21.OC1CCc2c(Br)cncc21. The highest BCUT2D eigenvalue weighted by Crippen LogP contribution is 2.34. The van der Waals surface area contributed by atoms with E-state index in [4.69, 9.17) is 5.73 Å². The van der Waals surface area contributed by atoms with Crippen LogP contribution in [-0.4, -0.2) is 15.1 Å². The topological polar surface area (TPSA) is 72.0 Å². The number of rotatable bonds is 0. The van der Waals surface area contributed by atoms with E-state index in [1.54, 1.807) is 12.4 Å². The first-order valence-electron chi connectivity index (χ1n) is 7.26. The molecule has 4 rings (SSSR count). The van der Waals surface area contributed by atoms with Gasteiger partial charge in [0.15, 0.2) is 0 Å². The summed E-state index contributed by atoms with van der Waals surface area (Å²) in [5.41, 5.74) is 10.6. The molecule has 2 aliphatic carbocycles. The molecule has 2 unspecified atom stereocenters. The molecule has 0 fully saturated rings. The lowest BCUT2D eigenvalue weighted by atomic mass is 10.1. The predicted molar refractivity (Wildman–Crippen MR) is 92.4 cm³/mol. The van der Waals surface area contributed by atoms with Gasteiger partial charge in [-0.15, -0.1) is 0 Å². The average Bonchev–Trinajstić information content (AvgIpc) is 3.07. The zero-order valence-corrected chi connectivity index (χ0v) is 15.1. The number of aromatic nitrogens is 2. The average molecular weight is 427 g/mol. The molecular weight excluding hydrogens is 410 g/mol. The van der Waals surface area contributed by atoms with Crippen molar-refractivity contribution in [1.29, 1.82) is 0 Å². The predicted octanol–water partition coefficient (Wildman–Crippen LogP) is 3.61. The van der Waals surface area contributed by atoms with Gasteiger partial charge in [0.2, 0.25) is 0 Å². The van der Waals surface area contributed by atoms with Crippen LogP contribution in [0.1, 0.15) is 47.2 Å². The van der Waals surface area contributed by atoms with Crippen LogP contribution in [0.4, 0.5) is 0 Å². The summed E-state index contributed by atoms with van der Waals surface area (Å²) in [6.07, 6.45) is 10.9. The van der Waals surface area contributed by atoms with Gasteiger partial charge in [-0.2, -0.15) is 0 Å². The minimum atomic E-state index is -0.296. The van der Waals surface area contributed by atoms with Crippen molar-refractivity contribution < 1.29 is 5.11 Å². The van der Waals surface area contributed by atoms with Crippen molar-refractivity contribution in [3.63, 3.8) is 0 Å². The molecule has 0 spiro atoms.